The van der Waals surface area contributed by atoms with Gasteiger partial charge in [-0.05, 0) is 73.6 Å². The number of aryl methyl sites for hydroxylation is 2. The van der Waals surface area contributed by atoms with E-state index < -0.39 is 0 Å². The molecule has 0 saturated heterocycles. The standard InChI is InChI=1S/C24H20ClN3O3S/c1-13-7-8-15(11-18(13)25)23-27-19-12-16(9-10-20(19)31-23)26-24(32)28-22(29)17-6-4-5-14(2)21(17)30-3/h4-12H,1-3H3,(H2,26,28,29,32). The zero-order valence-corrected chi connectivity index (χ0v) is 19.2. The van der Waals surface area contributed by atoms with Crippen molar-refractivity contribution in [2.75, 3.05) is 12.4 Å². The summed E-state index contributed by atoms with van der Waals surface area (Å²) in [6.07, 6.45) is 0. The number of hydrogen-bond acceptors (Lipinski definition) is 5. The number of aromatic nitrogens is 1. The normalized spacial score (nSPS) is 10.8. The van der Waals surface area contributed by atoms with Gasteiger partial charge in [-0.25, -0.2) is 4.98 Å². The monoisotopic (exact) mass is 465 g/mol. The number of amides is 1. The highest BCUT2D eigenvalue weighted by atomic mass is 35.5. The van der Waals surface area contributed by atoms with Gasteiger partial charge >= 0.3 is 0 Å². The molecule has 6 nitrogen and oxygen atoms in total. The van der Waals surface area contributed by atoms with E-state index in [0.717, 1.165) is 16.7 Å². The van der Waals surface area contributed by atoms with Gasteiger partial charge in [-0.3, -0.25) is 10.1 Å². The molecule has 4 aromatic rings. The van der Waals surface area contributed by atoms with E-state index in [0.29, 0.717) is 39.0 Å². The van der Waals surface area contributed by atoms with E-state index >= 15 is 0 Å². The maximum absolute atomic E-state index is 12.6. The van der Waals surface area contributed by atoms with E-state index in [2.05, 4.69) is 15.6 Å². The second-order valence-corrected chi connectivity index (χ2v) is 8.04. The van der Waals surface area contributed by atoms with Crippen LogP contribution in [0.15, 0.2) is 59.0 Å². The molecule has 32 heavy (non-hydrogen) atoms. The van der Waals surface area contributed by atoms with Crippen LogP contribution in [0.2, 0.25) is 5.02 Å². The zero-order chi connectivity index (χ0) is 22.8. The predicted octanol–water partition coefficient (Wildman–Crippen LogP) is 5.90. The van der Waals surface area contributed by atoms with Crippen molar-refractivity contribution in [3.8, 4) is 17.2 Å². The smallest absolute Gasteiger partial charge is 0.261 e. The molecule has 0 aliphatic carbocycles. The average Bonchev–Trinajstić information content (AvgIpc) is 3.18. The van der Waals surface area contributed by atoms with Gasteiger partial charge in [0.2, 0.25) is 5.89 Å². The van der Waals surface area contributed by atoms with Gasteiger partial charge in [0.25, 0.3) is 5.91 Å². The number of nitrogens with one attached hydrogen (secondary N) is 2. The summed E-state index contributed by atoms with van der Waals surface area (Å²) in [6.45, 7) is 3.81. The molecule has 0 aliphatic heterocycles. The lowest BCUT2D eigenvalue weighted by atomic mass is 10.1. The number of anilines is 1. The first kappa shape index (κ1) is 21.8. The number of rotatable bonds is 4. The molecule has 2 N–H and O–H groups in total. The van der Waals surface area contributed by atoms with Crippen molar-refractivity contribution in [3.05, 3.63) is 76.3 Å². The fourth-order valence-electron chi connectivity index (χ4n) is 3.29. The van der Waals surface area contributed by atoms with Crippen LogP contribution in [0, 0.1) is 13.8 Å². The molecule has 0 radical (unpaired) electrons. The van der Waals surface area contributed by atoms with E-state index in [1.165, 1.54) is 7.11 Å². The summed E-state index contributed by atoms with van der Waals surface area (Å²) in [5.74, 6) is 0.631. The van der Waals surface area contributed by atoms with Crippen LogP contribution in [0.4, 0.5) is 5.69 Å². The van der Waals surface area contributed by atoms with Gasteiger partial charge in [-0.1, -0.05) is 29.8 Å². The number of halogens is 1. The molecule has 0 aliphatic rings. The maximum atomic E-state index is 12.6. The van der Waals surface area contributed by atoms with Crippen molar-refractivity contribution in [3.63, 3.8) is 0 Å². The molecule has 0 fully saturated rings. The molecule has 4 rings (SSSR count). The largest absolute Gasteiger partial charge is 0.496 e. The predicted molar refractivity (Wildman–Crippen MR) is 131 cm³/mol. The van der Waals surface area contributed by atoms with Gasteiger partial charge in [0, 0.05) is 16.3 Å². The van der Waals surface area contributed by atoms with Crippen molar-refractivity contribution in [1.29, 1.82) is 0 Å². The number of ether oxygens (including phenoxy) is 1. The number of hydrogen-bond donors (Lipinski definition) is 2. The number of para-hydroxylation sites is 1. The van der Waals surface area contributed by atoms with Gasteiger partial charge < -0.3 is 14.5 Å². The third-order valence-electron chi connectivity index (χ3n) is 4.95. The maximum Gasteiger partial charge on any atom is 0.261 e. The molecule has 0 atom stereocenters. The summed E-state index contributed by atoms with van der Waals surface area (Å²) in [7, 11) is 1.53. The third-order valence-corrected chi connectivity index (χ3v) is 5.56. The molecule has 1 amide bonds. The Morgan fingerprint density at radius 3 is 2.66 bits per heavy atom. The highest BCUT2D eigenvalue weighted by molar-refractivity contribution is 7.80. The first-order chi connectivity index (χ1) is 15.4. The van der Waals surface area contributed by atoms with Crippen LogP contribution < -0.4 is 15.4 Å². The molecule has 1 heterocycles. The van der Waals surface area contributed by atoms with Crippen LogP contribution >= 0.6 is 23.8 Å². The lowest BCUT2D eigenvalue weighted by molar-refractivity contribution is 0.0974. The summed E-state index contributed by atoms with van der Waals surface area (Å²) in [4.78, 5) is 17.2. The van der Waals surface area contributed by atoms with Gasteiger partial charge in [0.05, 0.1) is 12.7 Å². The van der Waals surface area contributed by atoms with Crippen LogP contribution in [0.3, 0.4) is 0 Å². The molecular formula is C24H20ClN3O3S. The number of thiocarbonyl (C=S) groups is 1. The van der Waals surface area contributed by atoms with Gasteiger partial charge in [-0.2, -0.15) is 0 Å². The fourth-order valence-corrected chi connectivity index (χ4v) is 3.68. The summed E-state index contributed by atoms with van der Waals surface area (Å²) in [6, 6.07) is 16.4. The van der Waals surface area contributed by atoms with Crippen LogP contribution in [-0.2, 0) is 0 Å². The minimum atomic E-state index is -0.357. The second-order valence-electron chi connectivity index (χ2n) is 7.23. The van der Waals surface area contributed by atoms with Crippen LogP contribution in [-0.4, -0.2) is 23.1 Å². The molecule has 0 saturated carbocycles. The van der Waals surface area contributed by atoms with Crippen molar-refractivity contribution in [2.24, 2.45) is 0 Å². The highest BCUT2D eigenvalue weighted by Gasteiger charge is 2.16. The summed E-state index contributed by atoms with van der Waals surface area (Å²) in [5.41, 5.74) is 4.99. The molecule has 3 aromatic carbocycles. The van der Waals surface area contributed by atoms with E-state index in [4.69, 9.17) is 33.0 Å². The Labute approximate surface area is 195 Å². The zero-order valence-electron chi connectivity index (χ0n) is 17.7. The lowest BCUT2D eigenvalue weighted by Crippen LogP contribution is -2.34. The van der Waals surface area contributed by atoms with Crippen molar-refractivity contribution in [2.45, 2.75) is 13.8 Å². The molecule has 0 unspecified atom stereocenters. The Bertz CT molecular complexity index is 1350. The van der Waals surface area contributed by atoms with Crippen LogP contribution in [0.25, 0.3) is 22.6 Å². The molecule has 8 heteroatoms. The van der Waals surface area contributed by atoms with E-state index in [9.17, 15) is 4.79 Å². The van der Waals surface area contributed by atoms with Crippen molar-refractivity contribution in [1.82, 2.24) is 10.3 Å². The average molecular weight is 466 g/mol. The van der Waals surface area contributed by atoms with E-state index in [1.807, 2.05) is 38.1 Å². The van der Waals surface area contributed by atoms with Crippen LogP contribution in [0.1, 0.15) is 21.5 Å². The number of nitrogens with zero attached hydrogens (tertiary/aromatic N) is 1. The number of fused-ring (bicyclic) bond motifs is 1. The van der Waals surface area contributed by atoms with Crippen molar-refractivity contribution >= 4 is 51.6 Å². The first-order valence-corrected chi connectivity index (χ1v) is 10.6. The number of carbonyl (C=O) groups is 1. The molecule has 0 spiro atoms. The van der Waals surface area contributed by atoms with E-state index in [1.54, 1.807) is 30.3 Å². The Morgan fingerprint density at radius 2 is 1.91 bits per heavy atom. The Kier molecular flexibility index (Phi) is 6.12. The lowest BCUT2D eigenvalue weighted by Gasteiger charge is -2.13. The Balaban J connectivity index is 1.50. The summed E-state index contributed by atoms with van der Waals surface area (Å²) in [5, 5.41) is 6.50. The van der Waals surface area contributed by atoms with E-state index in [-0.39, 0.29) is 11.0 Å². The second kappa shape index (κ2) is 8.98. The number of carbonyl (C=O) groups excluding carboxylic acids is 1. The fraction of sp³-hybridized carbons (Fsp3) is 0.125. The number of benzene rings is 3. The van der Waals surface area contributed by atoms with Gasteiger partial charge in [0.1, 0.15) is 11.3 Å². The Hall–Kier alpha value is -3.42. The third kappa shape index (κ3) is 4.44. The molecule has 0 bridgehead atoms. The minimum absolute atomic E-state index is 0.159. The van der Waals surface area contributed by atoms with Gasteiger partial charge in [0.15, 0.2) is 10.7 Å². The molecular weight excluding hydrogens is 446 g/mol. The molecule has 162 valence electrons. The first-order valence-electron chi connectivity index (χ1n) is 9.79. The molecule has 1 aromatic heterocycles. The van der Waals surface area contributed by atoms with Crippen LogP contribution in [0.5, 0.6) is 5.75 Å². The summed E-state index contributed by atoms with van der Waals surface area (Å²) >= 11 is 11.5. The number of methoxy groups -OCH3 is 1. The minimum Gasteiger partial charge on any atom is -0.496 e. The topological polar surface area (TPSA) is 76.4 Å². The number of oxazole rings is 1. The Morgan fingerprint density at radius 1 is 1.09 bits per heavy atom. The highest BCUT2D eigenvalue weighted by Crippen LogP contribution is 2.29. The van der Waals surface area contributed by atoms with Crippen molar-refractivity contribution < 1.29 is 13.9 Å². The van der Waals surface area contributed by atoms with Gasteiger partial charge in [-0.15, -0.1) is 0 Å². The quantitative estimate of drug-likeness (QED) is 0.365. The SMILES string of the molecule is COc1c(C)cccc1C(=O)NC(=S)Nc1ccc2oc(-c3ccc(C)c(Cl)c3)nc2c1. The summed E-state index contributed by atoms with van der Waals surface area (Å²) < 4.78 is 11.2.